The maximum atomic E-state index is 2.53. The van der Waals surface area contributed by atoms with E-state index in [4.69, 9.17) is 0 Å². The Kier molecular flexibility index (Phi) is 4.58. The van der Waals surface area contributed by atoms with Gasteiger partial charge in [-0.25, -0.2) is 0 Å². The van der Waals surface area contributed by atoms with E-state index < -0.39 is 0 Å². The van der Waals surface area contributed by atoms with Crippen LogP contribution in [0.15, 0.2) is 145 Å². The Labute approximate surface area is 251 Å². The van der Waals surface area contributed by atoms with Gasteiger partial charge in [-0.2, -0.15) is 0 Å². The molecule has 0 bridgehead atoms. The Hall–Kier alpha value is -5.20. The monoisotopic (exact) mass is 544 g/mol. The summed E-state index contributed by atoms with van der Waals surface area (Å²) in [6.07, 6.45) is 12.0. The molecular weight excluding hydrogens is 516 g/mol. The van der Waals surface area contributed by atoms with Gasteiger partial charge in [0.25, 0.3) is 0 Å². The fourth-order valence-electron chi connectivity index (χ4n) is 8.62. The Morgan fingerprint density at radius 2 is 1.16 bits per heavy atom. The number of rotatable bonds is 2. The first-order valence-electron chi connectivity index (χ1n) is 15.4. The molecule has 0 aromatic heterocycles. The molecule has 0 aliphatic heterocycles. The standard InChI is InChI=1S/C43H28/c1-25-22-28-16-10-20-32-37(28)35(23-25)43-39(27-14-6-3-7-15-27)41-33-21-11-19-31-29-17-8-9-18-30(29)34(40(31)33)24-36(41)38(42(32)43)26-12-4-2-5-13-26/h2-24,28,37H,1H3. The van der Waals surface area contributed by atoms with Crippen molar-refractivity contribution < 1.29 is 0 Å². The van der Waals surface area contributed by atoms with Gasteiger partial charge in [0.05, 0.1) is 0 Å². The second-order valence-corrected chi connectivity index (χ2v) is 12.4. The van der Waals surface area contributed by atoms with Crippen LogP contribution >= 0.6 is 0 Å². The molecule has 2 unspecified atom stereocenters. The lowest BCUT2D eigenvalue weighted by Gasteiger charge is -2.27. The largest absolute Gasteiger partial charge is 0.0766 e. The summed E-state index contributed by atoms with van der Waals surface area (Å²) in [6.45, 7) is 2.27. The highest BCUT2D eigenvalue weighted by molar-refractivity contribution is 6.31. The van der Waals surface area contributed by atoms with E-state index >= 15 is 0 Å². The Morgan fingerprint density at radius 1 is 0.512 bits per heavy atom. The van der Waals surface area contributed by atoms with Gasteiger partial charge < -0.3 is 0 Å². The Bertz CT molecular complexity index is 2320. The third-order valence-corrected chi connectivity index (χ3v) is 10.1. The summed E-state index contributed by atoms with van der Waals surface area (Å²) in [5.74, 6) is 0.729. The van der Waals surface area contributed by atoms with Crippen LogP contribution in [0.25, 0.3) is 77.2 Å². The van der Waals surface area contributed by atoms with Crippen LogP contribution in [0.1, 0.15) is 18.1 Å². The summed E-state index contributed by atoms with van der Waals surface area (Å²) in [4.78, 5) is 0. The molecule has 0 spiro atoms. The summed E-state index contributed by atoms with van der Waals surface area (Å²) in [7, 11) is 0. The molecule has 200 valence electrons. The zero-order valence-electron chi connectivity index (χ0n) is 23.9. The van der Waals surface area contributed by atoms with Crippen LogP contribution in [0.3, 0.4) is 0 Å². The predicted octanol–water partition coefficient (Wildman–Crippen LogP) is 11.5. The molecule has 0 heteroatoms. The van der Waals surface area contributed by atoms with Crippen molar-refractivity contribution in [2.75, 3.05) is 0 Å². The van der Waals surface area contributed by atoms with Crippen LogP contribution in [-0.4, -0.2) is 0 Å². The van der Waals surface area contributed by atoms with E-state index in [0.717, 1.165) is 0 Å². The molecule has 10 rings (SSSR count). The number of allylic oxidation sites excluding steroid dienone is 8. The van der Waals surface area contributed by atoms with E-state index in [1.54, 1.807) is 0 Å². The summed E-state index contributed by atoms with van der Waals surface area (Å²) >= 11 is 0. The molecule has 0 heterocycles. The van der Waals surface area contributed by atoms with Gasteiger partial charge in [0.1, 0.15) is 0 Å². The van der Waals surface area contributed by atoms with Crippen LogP contribution < -0.4 is 0 Å². The van der Waals surface area contributed by atoms with Crippen molar-refractivity contribution in [3.63, 3.8) is 0 Å². The van der Waals surface area contributed by atoms with Gasteiger partial charge in [-0.1, -0.05) is 139 Å². The molecule has 6 aromatic rings. The predicted molar refractivity (Wildman–Crippen MR) is 183 cm³/mol. The first kappa shape index (κ1) is 23.4. The second kappa shape index (κ2) is 8.43. The van der Waals surface area contributed by atoms with Crippen LogP contribution in [0.4, 0.5) is 0 Å². The van der Waals surface area contributed by atoms with E-state index in [0.29, 0.717) is 11.8 Å². The minimum atomic E-state index is 0.348. The number of benzene rings is 6. The highest BCUT2D eigenvalue weighted by Gasteiger charge is 2.42. The van der Waals surface area contributed by atoms with Crippen LogP contribution in [0, 0.1) is 11.8 Å². The zero-order valence-corrected chi connectivity index (χ0v) is 23.9. The SMILES string of the molecule is CC1=CC2C=CC=C3c4c(c(-c5ccccc5)c5c(cc6c7c(cccc75)-c5ccccc5-6)c4-c4ccccc4)C(=C1)C32. The highest BCUT2D eigenvalue weighted by Crippen LogP contribution is 2.62. The number of fused-ring (bicyclic) bond motifs is 8. The van der Waals surface area contributed by atoms with E-state index in [1.807, 2.05) is 0 Å². The normalized spacial score (nSPS) is 18.7. The fourth-order valence-corrected chi connectivity index (χ4v) is 8.62. The molecule has 4 aliphatic carbocycles. The second-order valence-electron chi connectivity index (χ2n) is 12.4. The first-order chi connectivity index (χ1) is 21.3. The third kappa shape index (κ3) is 3.00. The highest BCUT2D eigenvalue weighted by atomic mass is 14.4. The number of hydrogen-bond acceptors (Lipinski definition) is 0. The van der Waals surface area contributed by atoms with E-state index in [-0.39, 0.29) is 0 Å². The lowest BCUT2D eigenvalue weighted by atomic mass is 9.76. The van der Waals surface area contributed by atoms with E-state index in [1.165, 1.54) is 93.9 Å². The zero-order chi connectivity index (χ0) is 28.2. The molecule has 0 amide bonds. The number of hydrogen-bond donors (Lipinski definition) is 0. The molecule has 0 radical (unpaired) electrons. The van der Waals surface area contributed by atoms with Crippen molar-refractivity contribution in [2.45, 2.75) is 6.92 Å². The fraction of sp³-hybridized carbons (Fsp3) is 0.0698. The third-order valence-electron chi connectivity index (χ3n) is 10.1. The molecule has 4 aliphatic rings. The lowest BCUT2D eigenvalue weighted by Crippen LogP contribution is -2.15. The average molecular weight is 545 g/mol. The van der Waals surface area contributed by atoms with Gasteiger partial charge in [-0.3, -0.25) is 0 Å². The summed E-state index contributed by atoms with van der Waals surface area (Å²) < 4.78 is 0. The topological polar surface area (TPSA) is 0 Å². The molecule has 0 N–H and O–H groups in total. The van der Waals surface area contributed by atoms with E-state index in [2.05, 4.69) is 146 Å². The molecule has 0 fully saturated rings. The van der Waals surface area contributed by atoms with Gasteiger partial charge in [0.2, 0.25) is 0 Å². The van der Waals surface area contributed by atoms with Crippen LogP contribution in [0.5, 0.6) is 0 Å². The molecule has 0 nitrogen and oxygen atoms in total. The van der Waals surface area contributed by atoms with E-state index in [9.17, 15) is 0 Å². The van der Waals surface area contributed by atoms with Gasteiger partial charge in [0.15, 0.2) is 0 Å². The van der Waals surface area contributed by atoms with Crippen molar-refractivity contribution in [1.82, 2.24) is 0 Å². The lowest BCUT2D eigenvalue weighted by molar-refractivity contribution is 0.701. The summed E-state index contributed by atoms with van der Waals surface area (Å²) in [6, 6.07) is 40.7. The van der Waals surface area contributed by atoms with Gasteiger partial charge >= 0.3 is 0 Å². The first-order valence-corrected chi connectivity index (χ1v) is 15.4. The maximum absolute atomic E-state index is 2.53. The van der Waals surface area contributed by atoms with Gasteiger partial charge in [-0.15, -0.1) is 0 Å². The Balaban J connectivity index is 1.50. The van der Waals surface area contributed by atoms with Gasteiger partial charge in [0, 0.05) is 11.8 Å². The van der Waals surface area contributed by atoms with Crippen molar-refractivity contribution >= 4 is 32.7 Å². The van der Waals surface area contributed by atoms with Gasteiger partial charge in [-0.05, 0) is 101 Å². The molecule has 6 aromatic carbocycles. The Morgan fingerprint density at radius 3 is 1.93 bits per heavy atom. The molecule has 0 saturated heterocycles. The smallest absolute Gasteiger partial charge is 0.0200 e. The minimum Gasteiger partial charge on any atom is -0.0766 e. The van der Waals surface area contributed by atoms with Crippen molar-refractivity contribution in [3.8, 4) is 44.5 Å². The summed E-state index contributed by atoms with van der Waals surface area (Å²) in [5.41, 5.74) is 17.8. The molecule has 2 atom stereocenters. The quantitative estimate of drug-likeness (QED) is 0.190. The van der Waals surface area contributed by atoms with Crippen LogP contribution in [-0.2, 0) is 0 Å². The molecule has 0 saturated carbocycles. The summed E-state index contributed by atoms with van der Waals surface area (Å²) in [5, 5.41) is 5.45. The molecule has 43 heavy (non-hydrogen) atoms. The maximum Gasteiger partial charge on any atom is 0.0200 e. The average Bonchev–Trinajstić information content (AvgIpc) is 3.55. The molecular formula is C43H28. The van der Waals surface area contributed by atoms with Crippen molar-refractivity contribution in [2.24, 2.45) is 11.8 Å². The van der Waals surface area contributed by atoms with Crippen molar-refractivity contribution in [1.29, 1.82) is 0 Å². The minimum absolute atomic E-state index is 0.348. The van der Waals surface area contributed by atoms with Crippen molar-refractivity contribution in [3.05, 3.63) is 156 Å². The van der Waals surface area contributed by atoms with Crippen LogP contribution in [0.2, 0.25) is 0 Å².